The van der Waals surface area contributed by atoms with Gasteiger partial charge in [0.25, 0.3) is 0 Å². The number of esters is 1. The summed E-state index contributed by atoms with van der Waals surface area (Å²) >= 11 is 0. The molecule has 2 aromatic carbocycles. The smallest absolute Gasteiger partial charge is 0.339 e. The van der Waals surface area contributed by atoms with E-state index in [0.717, 1.165) is 5.56 Å². The van der Waals surface area contributed by atoms with Gasteiger partial charge in [0.1, 0.15) is 5.60 Å². The molecule has 1 N–H and O–H groups in total. The van der Waals surface area contributed by atoms with E-state index in [1.807, 2.05) is 18.2 Å². The van der Waals surface area contributed by atoms with E-state index in [4.69, 9.17) is 18.9 Å². The third-order valence-electron chi connectivity index (χ3n) is 5.70. The van der Waals surface area contributed by atoms with Crippen LogP contribution in [0.5, 0.6) is 17.2 Å². The van der Waals surface area contributed by atoms with E-state index in [1.165, 1.54) is 21.3 Å². The summed E-state index contributed by atoms with van der Waals surface area (Å²) in [5.41, 5.74) is 1.43. The molecule has 1 spiro atoms. The van der Waals surface area contributed by atoms with Gasteiger partial charge in [-0.3, -0.25) is 0 Å². The van der Waals surface area contributed by atoms with E-state index >= 15 is 0 Å². The highest BCUT2D eigenvalue weighted by Crippen LogP contribution is 2.44. The highest BCUT2D eigenvalue weighted by atomic mass is 16.6. The first kappa shape index (κ1) is 19.9. The number of fused-ring (bicyclic) bond motifs is 2. The highest BCUT2D eigenvalue weighted by molar-refractivity contribution is 5.95. The van der Waals surface area contributed by atoms with Crippen molar-refractivity contribution >= 4 is 17.7 Å². The molecule has 2 amide bonds. The van der Waals surface area contributed by atoms with E-state index in [9.17, 15) is 9.59 Å². The number of rotatable bonds is 4. The molecule has 30 heavy (non-hydrogen) atoms. The zero-order chi connectivity index (χ0) is 21.3. The summed E-state index contributed by atoms with van der Waals surface area (Å²) in [4.78, 5) is 26.8. The van der Waals surface area contributed by atoms with E-state index in [-0.39, 0.29) is 12.0 Å². The molecular weight excluding hydrogens is 388 g/mol. The highest BCUT2D eigenvalue weighted by Gasteiger charge is 2.47. The number of piperidine rings is 1. The molecule has 1 fully saturated rings. The van der Waals surface area contributed by atoms with Crippen molar-refractivity contribution in [2.45, 2.75) is 18.4 Å². The number of hydrogen-bond acceptors (Lipinski definition) is 6. The lowest BCUT2D eigenvalue weighted by atomic mass is 9.84. The molecule has 2 aliphatic heterocycles. The third kappa shape index (κ3) is 3.28. The lowest BCUT2D eigenvalue weighted by Crippen LogP contribution is -2.46. The van der Waals surface area contributed by atoms with Gasteiger partial charge in [-0.05, 0) is 6.07 Å². The predicted octanol–water partition coefficient (Wildman–Crippen LogP) is 3.41. The average molecular weight is 412 g/mol. The fourth-order valence-corrected chi connectivity index (χ4v) is 4.14. The zero-order valence-corrected chi connectivity index (χ0v) is 17.2. The number of anilines is 1. The fourth-order valence-electron chi connectivity index (χ4n) is 4.14. The number of nitrogens with zero attached hydrogens (tertiary/aromatic N) is 1. The Balaban J connectivity index is 1.47. The molecule has 8 nitrogen and oxygen atoms in total. The maximum absolute atomic E-state index is 12.8. The van der Waals surface area contributed by atoms with Crippen molar-refractivity contribution in [1.29, 1.82) is 0 Å². The monoisotopic (exact) mass is 412 g/mol. The van der Waals surface area contributed by atoms with Gasteiger partial charge in [0, 0.05) is 43.6 Å². The van der Waals surface area contributed by atoms with Gasteiger partial charge in [-0.1, -0.05) is 18.2 Å². The first-order valence-electron chi connectivity index (χ1n) is 9.70. The number of carbonyl (C=O) groups excluding carboxylic acids is 2. The normalized spacial score (nSPS) is 16.6. The number of benzene rings is 2. The molecule has 4 rings (SSSR count). The summed E-state index contributed by atoms with van der Waals surface area (Å²) in [6.07, 6.45) is 1.11. The van der Waals surface area contributed by atoms with Crippen molar-refractivity contribution < 1.29 is 28.5 Å². The van der Waals surface area contributed by atoms with Crippen LogP contribution >= 0.6 is 0 Å². The Kier molecular flexibility index (Phi) is 5.15. The van der Waals surface area contributed by atoms with Gasteiger partial charge in [0.15, 0.2) is 11.5 Å². The van der Waals surface area contributed by atoms with Crippen molar-refractivity contribution in [2.75, 3.05) is 39.7 Å². The lowest BCUT2D eigenvalue weighted by Gasteiger charge is -2.38. The minimum Gasteiger partial charge on any atom is -0.493 e. The molecule has 158 valence electrons. The molecular formula is C22H24N2O6. The molecule has 0 atom stereocenters. The van der Waals surface area contributed by atoms with Crippen LogP contribution in [-0.2, 0) is 10.3 Å². The lowest BCUT2D eigenvalue weighted by molar-refractivity contribution is -0.0363. The van der Waals surface area contributed by atoms with Crippen molar-refractivity contribution in [3.63, 3.8) is 0 Å². The summed E-state index contributed by atoms with van der Waals surface area (Å²) < 4.78 is 21.7. The first-order chi connectivity index (χ1) is 14.5. The average Bonchev–Trinajstić information content (AvgIpc) is 3.04. The minimum atomic E-state index is -0.642. The van der Waals surface area contributed by atoms with Crippen LogP contribution in [0.2, 0.25) is 0 Å². The maximum atomic E-state index is 12.8. The Morgan fingerprint density at radius 1 is 1.03 bits per heavy atom. The van der Waals surface area contributed by atoms with E-state index in [0.29, 0.717) is 54.4 Å². The number of hydrogen-bond donors (Lipinski definition) is 1. The largest absolute Gasteiger partial charge is 0.493 e. The van der Waals surface area contributed by atoms with Crippen molar-refractivity contribution in [3.05, 3.63) is 47.5 Å². The van der Waals surface area contributed by atoms with E-state index in [2.05, 4.69) is 5.32 Å². The Labute approximate surface area is 174 Å². The Morgan fingerprint density at radius 3 is 2.27 bits per heavy atom. The fraction of sp³-hybridized carbons (Fsp3) is 0.364. The number of likely N-dealkylation sites (tertiary alicyclic amines) is 1. The number of amides is 2. The summed E-state index contributed by atoms with van der Waals surface area (Å²) in [5.74, 6) is 1.08. The van der Waals surface area contributed by atoms with Crippen molar-refractivity contribution in [1.82, 2.24) is 4.90 Å². The van der Waals surface area contributed by atoms with Gasteiger partial charge < -0.3 is 29.2 Å². The molecule has 0 aliphatic carbocycles. The van der Waals surface area contributed by atoms with Crippen LogP contribution in [0.4, 0.5) is 10.5 Å². The third-order valence-corrected chi connectivity index (χ3v) is 5.70. The van der Waals surface area contributed by atoms with E-state index in [1.54, 1.807) is 23.1 Å². The van der Waals surface area contributed by atoms with Crippen LogP contribution in [-0.4, -0.2) is 51.3 Å². The van der Waals surface area contributed by atoms with Crippen molar-refractivity contribution in [2.24, 2.45) is 0 Å². The molecule has 0 saturated carbocycles. The van der Waals surface area contributed by atoms with Crippen LogP contribution in [0.15, 0.2) is 36.4 Å². The van der Waals surface area contributed by atoms with Gasteiger partial charge in [-0.25, -0.2) is 9.59 Å². The predicted molar refractivity (Wildman–Crippen MR) is 109 cm³/mol. The molecule has 2 aromatic rings. The van der Waals surface area contributed by atoms with Crippen LogP contribution in [0.1, 0.15) is 28.8 Å². The van der Waals surface area contributed by atoms with E-state index < -0.39 is 5.60 Å². The zero-order valence-electron chi connectivity index (χ0n) is 17.2. The van der Waals surface area contributed by atoms with Gasteiger partial charge in [-0.15, -0.1) is 0 Å². The number of nitrogens with one attached hydrogen (secondary N) is 1. The Morgan fingerprint density at radius 2 is 1.67 bits per heavy atom. The molecule has 2 aliphatic rings. The van der Waals surface area contributed by atoms with Crippen molar-refractivity contribution in [3.8, 4) is 17.2 Å². The molecule has 2 heterocycles. The Bertz CT molecular complexity index is 956. The quantitative estimate of drug-likeness (QED) is 0.775. The van der Waals surface area contributed by atoms with Gasteiger partial charge in [0.2, 0.25) is 5.75 Å². The molecule has 0 radical (unpaired) electrons. The molecule has 0 unspecified atom stereocenters. The van der Waals surface area contributed by atoms with Gasteiger partial charge in [-0.2, -0.15) is 0 Å². The minimum absolute atomic E-state index is 0.239. The number of methoxy groups -OCH3 is 3. The topological polar surface area (TPSA) is 86.3 Å². The maximum Gasteiger partial charge on any atom is 0.339 e. The van der Waals surface area contributed by atoms with Gasteiger partial charge >= 0.3 is 12.0 Å². The summed E-state index contributed by atoms with van der Waals surface area (Å²) in [5, 5.41) is 2.88. The second-order valence-electron chi connectivity index (χ2n) is 7.26. The molecule has 0 aromatic heterocycles. The van der Waals surface area contributed by atoms with Crippen LogP contribution in [0, 0.1) is 0 Å². The van der Waals surface area contributed by atoms with Crippen LogP contribution in [0.25, 0.3) is 0 Å². The standard InChI is InChI=1S/C22H24N2O6/c1-27-17-12-14(13-18(28-2)19(17)29-3)23-21(26)24-10-8-22(9-11-24)16-7-5-4-6-15(16)20(25)30-22/h4-7,12-13H,8-11H2,1-3H3,(H,23,26). The summed E-state index contributed by atoms with van der Waals surface area (Å²) in [6, 6.07) is 10.6. The molecule has 0 bridgehead atoms. The number of carbonyl (C=O) groups is 2. The second-order valence-corrected chi connectivity index (χ2v) is 7.26. The summed E-state index contributed by atoms with van der Waals surface area (Å²) in [6.45, 7) is 0.940. The second kappa shape index (κ2) is 7.78. The summed E-state index contributed by atoms with van der Waals surface area (Å²) in [7, 11) is 4.57. The molecule has 8 heteroatoms. The number of ether oxygens (including phenoxy) is 4. The Hall–Kier alpha value is -3.42. The van der Waals surface area contributed by atoms with Crippen LogP contribution < -0.4 is 19.5 Å². The number of urea groups is 1. The molecule has 1 saturated heterocycles. The van der Waals surface area contributed by atoms with Gasteiger partial charge in [0.05, 0.1) is 32.6 Å². The first-order valence-corrected chi connectivity index (χ1v) is 9.70. The van der Waals surface area contributed by atoms with Crippen LogP contribution in [0.3, 0.4) is 0 Å². The SMILES string of the molecule is COc1cc(NC(=O)N2CCC3(CC2)OC(=O)c2ccccc23)cc(OC)c1OC.